The number of carbonyl (C=O) groups is 1. The van der Waals surface area contributed by atoms with Crippen LogP contribution >= 0.6 is 35.0 Å². The molecular weight excluding hydrogens is 545 g/mol. The van der Waals surface area contributed by atoms with Gasteiger partial charge in [-0.25, -0.2) is 4.79 Å². The van der Waals surface area contributed by atoms with E-state index in [2.05, 4.69) is 14.8 Å². The van der Waals surface area contributed by atoms with Gasteiger partial charge in [-0.1, -0.05) is 53.5 Å². The Labute approximate surface area is 232 Å². The zero-order valence-electron chi connectivity index (χ0n) is 20.3. The van der Waals surface area contributed by atoms with E-state index in [1.807, 2.05) is 55.5 Å². The van der Waals surface area contributed by atoms with Crippen molar-refractivity contribution in [3.8, 4) is 17.2 Å². The maximum Gasteiger partial charge on any atom is 0.342 e. The lowest BCUT2D eigenvalue weighted by molar-refractivity contribution is -0.131. The molecule has 5 rings (SSSR count). The number of carboxylic acid groups (broad SMARTS) is 1. The van der Waals surface area contributed by atoms with Gasteiger partial charge in [0, 0.05) is 38.8 Å². The van der Waals surface area contributed by atoms with Crippen molar-refractivity contribution in [2.24, 2.45) is 0 Å². The maximum absolute atomic E-state index is 12.3. The molecule has 0 fully saturated rings. The first-order valence-corrected chi connectivity index (χ1v) is 13.0. The van der Waals surface area contributed by atoms with Crippen LogP contribution in [0, 0.1) is 6.92 Å². The summed E-state index contributed by atoms with van der Waals surface area (Å²) in [6.45, 7) is 2.59. The molecule has 0 saturated heterocycles. The van der Waals surface area contributed by atoms with E-state index < -0.39 is 5.97 Å². The number of rotatable bonds is 8. The van der Waals surface area contributed by atoms with Crippen molar-refractivity contribution >= 4 is 57.9 Å². The second-order valence-corrected chi connectivity index (χ2v) is 10.2. The molecule has 0 radical (unpaired) electrons. The summed E-state index contributed by atoms with van der Waals surface area (Å²) in [6.07, 6.45) is 1.65. The number of fused-ring (bicyclic) bond motifs is 1. The van der Waals surface area contributed by atoms with Crippen LogP contribution in [0.4, 0.5) is 0 Å². The summed E-state index contributed by atoms with van der Waals surface area (Å²) >= 11 is 13.1. The molecule has 0 amide bonds. The van der Waals surface area contributed by atoms with Crippen molar-refractivity contribution in [3.63, 3.8) is 0 Å². The van der Waals surface area contributed by atoms with Crippen LogP contribution in [-0.2, 0) is 11.3 Å². The molecule has 2 aromatic heterocycles. The first-order chi connectivity index (χ1) is 18.3. The van der Waals surface area contributed by atoms with E-state index in [0.29, 0.717) is 27.9 Å². The van der Waals surface area contributed by atoms with Crippen LogP contribution < -0.4 is 4.74 Å². The quantitative estimate of drug-likeness (QED) is 0.153. The fourth-order valence-electron chi connectivity index (χ4n) is 4.18. The molecule has 0 aliphatic carbocycles. The van der Waals surface area contributed by atoms with E-state index in [9.17, 15) is 9.90 Å². The third-order valence-electron chi connectivity index (χ3n) is 6.02. The Morgan fingerprint density at radius 1 is 1.08 bits per heavy atom. The Balaban J connectivity index is 1.51. The topological polar surface area (TPSA) is 90.4 Å². The highest BCUT2D eigenvalue weighted by Crippen LogP contribution is 2.36. The predicted octanol–water partition coefficient (Wildman–Crippen LogP) is 7.58. The van der Waals surface area contributed by atoms with Crippen LogP contribution in [0.25, 0.3) is 28.4 Å². The third-order valence-corrected chi connectivity index (χ3v) is 7.35. The van der Waals surface area contributed by atoms with Gasteiger partial charge >= 0.3 is 5.97 Å². The minimum absolute atomic E-state index is 0.0377. The van der Waals surface area contributed by atoms with Crippen LogP contribution in [-0.4, -0.2) is 33.0 Å². The molecule has 0 aliphatic heterocycles. The number of methoxy groups -OCH3 is 1. The lowest BCUT2D eigenvalue weighted by Crippen LogP contribution is -2.02. The van der Waals surface area contributed by atoms with Gasteiger partial charge in [0.15, 0.2) is 0 Å². The van der Waals surface area contributed by atoms with Crippen molar-refractivity contribution < 1.29 is 19.1 Å². The molecule has 0 bridgehead atoms. The van der Waals surface area contributed by atoms with Crippen molar-refractivity contribution in [1.82, 2.24) is 14.8 Å². The number of ether oxygens (including phenoxy) is 1. The van der Waals surface area contributed by atoms with Gasteiger partial charge in [-0.15, -0.1) is 10.2 Å². The number of aliphatic carboxylic acids is 1. The summed E-state index contributed by atoms with van der Waals surface area (Å²) in [7, 11) is 1.52. The molecule has 3 aromatic carbocycles. The van der Waals surface area contributed by atoms with Gasteiger partial charge in [-0.2, -0.15) is 0 Å². The number of para-hydroxylation sites is 1. The summed E-state index contributed by atoms with van der Waals surface area (Å²) in [6, 6.07) is 20.6. The van der Waals surface area contributed by atoms with E-state index in [4.69, 9.17) is 32.4 Å². The van der Waals surface area contributed by atoms with Crippen LogP contribution in [0.2, 0.25) is 10.0 Å². The number of benzene rings is 3. The molecule has 38 heavy (non-hydrogen) atoms. The Hall–Kier alpha value is -3.72. The van der Waals surface area contributed by atoms with Gasteiger partial charge in [-0.05, 0) is 66.7 Å². The van der Waals surface area contributed by atoms with Gasteiger partial charge < -0.3 is 18.8 Å². The zero-order chi connectivity index (χ0) is 26.8. The molecule has 10 heteroatoms. The molecule has 5 aromatic rings. The van der Waals surface area contributed by atoms with Crippen LogP contribution in [0.15, 0.2) is 81.3 Å². The van der Waals surface area contributed by atoms with Gasteiger partial charge in [0.2, 0.25) is 0 Å². The molecule has 0 spiro atoms. The average Bonchev–Trinajstić information content (AvgIpc) is 3.48. The average molecular weight is 566 g/mol. The number of thioether (sulfide) groups is 1. The molecule has 7 nitrogen and oxygen atoms in total. The van der Waals surface area contributed by atoms with Crippen LogP contribution in [0.3, 0.4) is 0 Å². The van der Waals surface area contributed by atoms with Crippen molar-refractivity contribution in [3.05, 3.63) is 98.5 Å². The van der Waals surface area contributed by atoms with Gasteiger partial charge in [-0.3, -0.25) is 0 Å². The summed E-state index contributed by atoms with van der Waals surface area (Å²) in [5.41, 5.74) is 4.32. The summed E-state index contributed by atoms with van der Waals surface area (Å²) < 4.78 is 13.3. The normalized spacial score (nSPS) is 11.7. The van der Waals surface area contributed by atoms with Crippen molar-refractivity contribution in [1.29, 1.82) is 0 Å². The predicted molar refractivity (Wildman–Crippen MR) is 150 cm³/mol. The highest BCUT2D eigenvalue weighted by Gasteiger charge is 2.20. The monoisotopic (exact) mass is 565 g/mol. The Morgan fingerprint density at radius 3 is 2.55 bits per heavy atom. The smallest absolute Gasteiger partial charge is 0.342 e. The fraction of sp³-hybridized carbons (Fsp3) is 0.107. The second-order valence-electron chi connectivity index (χ2n) is 8.36. The SMILES string of the molecule is COc1ccc(Cl)cc1-c1nnc(S/C(=C\c2c(C)n(Cc3ccc(Cl)cc3)c3ccccc23)C(=O)O)o1. The lowest BCUT2D eigenvalue weighted by Gasteiger charge is -2.09. The number of halogens is 2. The summed E-state index contributed by atoms with van der Waals surface area (Å²) in [5.74, 6) is -0.427. The number of carboxylic acids is 1. The Bertz CT molecular complexity index is 1680. The standard InChI is InChI=1S/C28H21Cl2N3O4S/c1-16-21(20-5-3-4-6-23(20)33(16)15-17-7-9-18(29)10-8-17)14-25(27(34)35)38-28-32-31-26(37-28)22-13-19(30)11-12-24(22)36-2/h3-14H,15H2,1-2H3,(H,34,35)/b25-14-. The summed E-state index contributed by atoms with van der Waals surface area (Å²) in [4.78, 5) is 12.3. The van der Waals surface area contributed by atoms with Crippen LogP contribution in [0.1, 0.15) is 16.8 Å². The van der Waals surface area contributed by atoms with E-state index >= 15 is 0 Å². The van der Waals surface area contributed by atoms with Gasteiger partial charge in [0.05, 0.1) is 12.7 Å². The molecule has 0 aliphatic rings. The highest BCUT2D eigenvalue weighted by atomic mass is 35.5. The Kier molecular flexibility index (Phi) is 7.46. The minimum Gasteiger partial charge on any atom is -0.496 e. The first kappa shape index (κ1) is 25.9. The van der Waals surface area contributed by atoms with E-state index in [-0.39, 0.29) is 16.0 Å². The maximum atomic E-state index is 12.3. The van der Waals surface area contributed by atoms with E-state index in [1.54, 1.807) is 24.3 Å². The van der Waals surface area contributed by atoms with E-state index in [0.717, 1.165) is 39.5 Å². The van der Waals surface area contributed by atoms with Crippen LogP contribution in [0.5, 0.6) is 5.75 Å². The third kappa shape index (κ3) is 5.29. The lowest BCUT2D eigenvalue weighted by atomic mass is 10.1. The van der Waals surface area contributed by atoms with Crippen molar-refractivity contribution in [2.45, 2.75) is 18.7 Å². The summed E-state index contributed by atoms with van der Waals surface area (Å²) in [5, 5.41) is 20.3. The molecule has 0 unspecified atom stereocenters. The first-order valence-electron chi connectivity index (χ1n) is 11.5. The fourth-order valence-corrected chi connectivity index (χ4v) is 5.14. The van der Waals surface area contributed by atoms with Gasteiger partial charge in [0.25, 0.3) is 11.1 Å². The molecule has 192 valence electrons. The second kappa shape index (κ2) is 10.9. The molecule has 1 N–H and O–H groups in total. The number of hydrogen-bond donors (Lipinski definition) is 1. The molecule has 0 atom stereocenters. The van der Waals surface area contributed by atoms with Crippen molar-refractivity contribution in [2.75, 3.05) is 7.11 Å². The number of hydrogen-bond acceptors (Lipinski definition) is 6. The molecular formula is C28H21Cl2N3O4S. The minimum atomic E-state index is -1.11. The largest absolute Gasteiger partial charge is 0.496 e. The zero-order valence-corrected chi connectivity index (χ0v) is 22.6. The Morgan fingerprint density at radius 2 is 1.82 bits per heavy atom. The molecule has 0 saturated carbocycles. The number of nitrogens with zero attached hydrogens (tertiary/aromatic N) is 3. The van der Waals surface area contributed by atoms with Gasteiger partial charge in [0.1, 0.15) is 10.7 Å². The highest BCUT2D eigenvalue weighted by molar-refractivity contribution is 8.03. The van der Waals surface area contributed by atoms with E-state index in [1.165, 1.54) is 7.11 Å². The molecule has 2 heterocycles. The number of aromatic nitrogens is 3.